The van der Waals surface area contributed by atoms with Crippen LogP contribution in [-0.4, -0.2) is 22.7 Å². The van der Waals surface area contributed by atoms with E-state index in [0.717, 1.165) is 17.0 Å². The van der Waals surface area contributed by atoms with Crippen molar-refractivity contribution in [1.82, 2.24) is 4.98 Å². The van der Waals surface area contributed by atoms with E-state index in [0.29, 0.717) is 5.75 Å². The zero-order valence-corrected chi connectivity index (χ0v) is 13.2. The van der Waals surface area contributed by atoms with Gasteiger partial charge in [-0.2, -0.15) is 0 Å². The first-order valence-corrected chi connectivity index (χ1v) is 8.17. The summed E-state index contributed by atoms with van der Waals surface area (Å²) in [7, 11) is 0. The summed E-state index contributed by atoms with van der Waals surface area (Å²) in [5.74, 6) is 1.42. The smallest absolute Gasteiger partial charge is 0.237 e. The molecule has 0 saturated carbocycles. The predicted molar refractivity (Wildman–Crippen MR) is 89.5 cm³/mol. The fourth-order valence-corrected chi connectivity index (χ4v) is 2.95. The number of nitrogens with zero attached hydrogens (tertiary/aromatic N) is 2. The fraction of sp³-hybridized carbons (Fsp3) is 0.294. The van der Waals surface area contributed by atoms with Gasteiger partial charge in [0.1, 0.15) is 0 Å². The van der Waals surface area contributed by atoms with E-state index >= 15 is 0 Å². The molecule has 0 saturated heterocycles. The summed E-state index contributed by atoms with van der Waals surface area (Å²) in [4.78, 5) is 18.4. The van der Waals surface area contributed by atoms with E-state index in [-0.39, 0.29) is 11.9 Å². The molecular formula is C17H20N2OS. The molecule has 2 aromatic rings. The number of carbonyl (C=O) groups is 1. The van der Waals surface area contributed by atoms with Crippen molar-refractivity contribution in [1.29, 1.82) is 0 Å². The van der Waals surface area contributed by atoms with Gasteiger partial charge in [0.05, 0.1) is 5.75 Å². The van der Waals surface area contributed by atoms with Crippen LogP contribution in [0.15, 0.2) is 54.9 Å². The number of anilines is 1. The minimum atomic E-state index is 0.144. The van der Waals surface area contributed by atoms with Crippen molar-refractivity contribution in [2.75, 3.05) is 10.7 Å². The minimum absolute atomic E-state index is 0.144. The molecule has 1 heterocycles. The molecule has 21 heavy (non-hydrogen) atoms. The van der Waals surface area contributed by atoms with Crippen molar-refractivity contribution < 1.29 is 4.79 Å². The molecule has 2 rings (SSSR count). The Labute approximate surface area is 130 Å². The third-order valence-corrected chi connectivity index (χ3v) is 4.03. The Balaban J connectivity index is 1.94. The van der Waals surface area contributed by atoms with E-state index in [1.165, 1.54) is 0 Å². The van der Waals surface area contributed by atoms with Crippen molar-refractivity contribution >= 4 is 23.4 Å². The molecule has 1 aromatic heterocycles. The van der Waals surface area contributed by atoms with Gasteiger partial charge >= 0.3 is 0 Å². The first-order chi connectivity index (χ1) is 10.2. The van der Waals surface area contributed by atoms with E-state index in [1.807, 2.05) is 67.4 Å². The Morgan fingerprint density at radius 2 is 1.95 bits per heavy atom. The van der Waals surface area contributed by atoms with Crippen molar-refractivity contribution in [3.63, 3.8) is 0 Å². The zero-order chi connectivity index (χ0) is 15.1. The van der Waals surface area contributed by atoms with Gasteiger partial charge in [0.2, 0.25) is 5.91 Å². The van der Waals surface area contributed by atoms with Gasteiger partial charge in [0.25, 0.3) is 0 Å². The molecule has 0 aliphatic carbocycles. The normalized spacial score (nSPS) is 10.6. The third-order valence-electron chi connectivity index (χ3n) is 3.04. The SMILES string of the molecule is CC(C)N(C(=O)CSCc1cccnc1)c1ccccc1. The van der Waals surface area contributed by atoms with Gasteiger partial charge in [-0.25, -0.2) is 0 Å². The number of amides is 1. The van der Waals surface area contributed by atoms with Crippen LogP contribution in [0, 0.1) is 0 Å². The Morgan fingerprint density at radius 3 is 2.57 bits per heavy atom. The van der Waals surface area contributed by atoms with Crippen LogP contribution in [0.3, 0.4) is 0 Å². The number of hydrogen-bond acceptors (Lipinski definition) is 3. The summed E-state index contributed by atoms with van der Waals surface area (Å²) in [6.07, 6.45) is 3.60. The van der Waals surface area contributed by atoms with Crippen molar-refractivity contribution in [3.05, 3.63) is 60.4 Å². The van der Waals surface area contributed by atoms with Crippen LogP contribution in [0.1, 0.15) is 19.4 Å². The second kappa shape index (κ2) is 7.84. The summed E-state index contributed by atoms with van der Waals surface area (Å²) in [6.45, 7) is 4.08. The number of benzene rings is 1. The van der Waals surface area contributed by atoms with Crippen LogP contribution < -0.4 is 4.90 Å². The van der Waals surface area contributed by atoms with Crippen LogP contribution in [-0.2, 0) is 10.5 Å². The number of para-hydroxylation sites is 1. The van der Waals surface area contributed by atoms with Gasteiger partial charge in [-0.05, 0) is 37.6 Å². The number of carbonyl (C=O) groups excluding carboxylic acids is 1. The number of hydrogen-bond donors (Lipinski definition) is 0. The lowest BCUT2D eigenvalue weighted by Crippen LogP contribution is -2.38. The molecule has 1 aromatic carbocycles. The van der Waals surface area contributed by atoms with Gasteiger partial charge < -0.3 is 4.90 Å². The molecule has 0 aliphatic heterocycles. The molecule has 3 nitrogen and oxygen atoms in total. The van der Waals surface area contributed by atoms with E-state index < -0.39 is 0 Å². The fourth-order valence-electron chi connectivity index (χ4n) is 2.13. The lowest BCUT2D eigenvalue weighted by molar-refractivity contribution is -0.116. The highest BCUT2D eigenvalue weighted by Gasteiger charge is 2.18. The minimum Gasteiger partial charge on any atom is -0.309 e. The Kier molecular flexibility index (Phi) is 5.81. The maximum atomic E-state index is 12.5. The second-order valence-corrected chi connectivity index (χ2v) is 6.03. The van der Waals surface area contributed by atoms with Crippen LogP contribution in [0.2, 0.25) is 0 Å². The summed E-state index contributed by atoms with van der Waals surface area (Å²) in [5.41, 5.74) is 2.10. The number of aromatic nitrogens is 1. The average Bonchev–Trinajstić information content (AvgIpc) is 2.49. The van der Waals surface area contributed by atoms with Gasteiger partial charge in [-0.15, -0.1) is 11.8 Å². The highest BCUT2D eigenvalue weighted by Crippen LogP contribution is 2.19. The standard InChI is InChI=1S/C17H20N2OS/c1-14(2)19(16-8-4-3-5-9-16)17(20)13-21-12-15-7-6-10-18-11-15/h3-11,14H,12-13H2,1-2H3. The van der Waals surface area contributed by atoms with Crippen molar-refractivity contribution in [2.24, 2.45) is 0 Å². The molecule has 1 amide bonds. The quantitative estimate of drug-likeness (QED) is 0.814. The number of rotatable bonds is 6. The van der Waals surface area contributed by atoms with Gasteiger partial charge in [-0.3, -0.25) is 9.78 Å². The molecule has 0 spiro atoms. The largest absolute Gasteiger partial charge is 0.309 e. The Hall–Kier alpha value is -1.81. The van der Waals surface area contributed by atoms with E-state index in [1.54, 1.807) is 18.0 Å². The Morgan fingerprint density at radius 1 is 1.19 bits per heavy atom. The van der Waals surface area contributed by atoms with Crippen molar-refractivity contribution in [3.8, 4) is 0 Å². The highest BCUT2D eigenvalue weighted by atomic mass is 32.2. The van der Waals surface area contributed by atoms with Crippen molar-refractivity contribution in [2.45, 2.75) is 25.6 Å². The van der Waals surface area contributed by atoms with Gasteiger partial charge in [0.15, 0.2) is 0 Å². The summed E-state index contributed by atoms with van der Waals surface area (Å²) < 4.78 is 0. The molecule has 0 unspecified atom stereocenters. The van der Waals surface area contributed by atoms with E-state index in [4.69, 9.17) is 0 Å². The predicted octanol–water partition coefficient (Wildman–Crippen LogP) is 3.76. The third kappa shape index (κ3) is 4.60. The molecule has 0 bridgehead atoms. The second-order valence-electron chi connectivity index (χ2n) is 5.05. The first kappa shape index (κ1) is 15.6. The summed E-state index contributed by atoms with van der Waals surface area (Å²) in [5, 5.41) is 0. The summed E-state index contributed by atoms with van der Waals surface area (Å²) in [6, 6.07) is 13.9. The highest BCUT2D eigenvalue weighted by molar-refractivity contribution is 7.99. The van der Waals surface area contributed by atoms with Crippen LogP contribution in [0.5, 0.6) is 0 Å². The van der Waals surface area contributed by atoms with Gasteiger partial charge in [0, 0.05) is 29.9 Å². The van der Waals surface area contributed by atoms with Gasteiger partial charge in [-0.1, -0.05) is 24.3 Å². The topological polar surface area (TPSA) is 33.2 Å². The molecule has 0 radical (unpaired) electrons. The maximum Gasteiger partial charge on any atom is 0.237 e. The van der Waals surface area contributed by atoms with Crippen LogP contribution in [0.25, 0.3) is 0 Å². The number of thioether (sulfide) groups is 1. The van der Waals surface area contributed by atoms with E-state index in [2.05, 4.69) is 4.98 Å². The van der Waals surface area contributed by atoms with Crippen LogP contribution >= 0.6 is 11.8 Å². The molecule has 0 atom stereocenters. The average molecular weight is 300 g/mol. The monoisotopic (exact) mass is 300 g/mol. The van der Waals surface area contributed by atoms with E-state index in [9.17, 15) is 4.79 Å². The molecule has 0 fully saturated rings. The molecular weight excluding hydrogens is 280 g/mol. The molecule has 0 aliphatic rings. The Bertz CT molecular complexity index is 558. The molecule has 0 N–H and O–H groups in total. The molecule has 110 valence electrons. The number of pyridine rings is 1. The maximum absolute atomic E-state index is 12.5. The first-order valence-electron chi connectivity index (χ1n) is 7.02. The van der Waals surface area contributed by atoms with Crippen LogP contribution in [0.4, 0.5) is 5.69 Å². The molecule has 4 heteroatoms. The lowest BCUT2D eigenvalue weighted by atomic mass is 10.2. The zero-order valence-electron chi connectivity index (χ0n) is 12.4. The summed E-state index contributed by atoms with van der Waals surface area (Å²) >= 11 is 1.62. The lowest BCUT2D eigenvalue weighted by Gasteiger charge is -2.26.